The number of amides is 1. The fourth-order valence-corrected chi connectivity index (χ4v) is 3.54. The quantitative estimate of drug-likeness (QED) is 0.270. The van der Waals surface area contributed by atoms with Crippen molar-refractivity contribution in [1.82, 2.24) is 9.47 Å². The molecule has 9 heteroatoms. The largest absolute Gasteiger partial charge is 0.336 e. The number of nitro groups is 1. The summed E-state index contributed by atoms with van der Waals surface area (Å²) in [4.78, 5) is 51.0. The van der Waals surface area contributed by atoms with Gasteiger partial charge in [0.1, 0.15) is 0 Å². The molecule has 0 saturated heterocycles. The van der Waals surface area contributed by atoms with E-state index in [9.17, 15) is 24.5 Å². The Kier molecular flexibility index (Phi) is 7.07. The molecule has 1 aromatic heterocycles. The van der Waals surface area contributed by atoms with E-state index in [0.717, 1.165) is 4.57 Å². The Hall–Kier alpha value is -2.81. The summed E-state index contributed by atoms with van der Waals surface area (Å²) in [6.07, 6.45) is 1.40. The highest BCUT2D eigenvalue weighted by Crippen LogP contribution is 2.22. The smallest absolute Gasteiger partial charge is 0.269 e. The van der Waals surface area contributed by atoms with Crippen molar-refractivity contribution in [3.8, 4) is 0 Å². The molecule has 0 spiro atoms. The standard InChI is InChI=1S/C20H22BrN3O5/c1-12(2)23(13(3)4)20(27)18(22-11-15(21)7-10-17(22)25)19(26)14-5-8-16(9-6-14)24(28)29/h5-13,18H,1-4H3. The van der Waals surface area contributed by atoms with Crippen LogP contribution >= 0.6 is 15.9 Å². The summed E-state index contributed by atoms with van der Waals surface area (Å²) >= 11 is 3.27. The zero-order valence-electron chi connectivity index (χ0n) is 16.5. The number of halogens is 1. The van der Waals surface area contributed by atoms with Crippen molar-refractivity contribution in [2.75, 3.05) is 0 Å². The molecule has 1 heterocycles. The van der Waals surface area contributed by atoms with Crippen LogP contribution in [0, 0.1) is 10.1 Å². The molecular weight excluding hydrogens is 442 g/mol. The van der Waals surface area contributed by atoms with Crippen molar-refractivity contribution < 1.29 is 14.5 Å². The molecule has 1 atom stereocenters. The predicted molar refractivity (Wildman–Crippen MR) is 112 cm³/mol. The highest BCUT2D eigenvalue weighted by molar-refractivity contribution is 9.10. The van der Waals surface area contributed by atoms with Gasteiger partial charge in [0, 0.05) is 46.5 Å². The fourth-order valence-electron chi connectivity index (χ4n) is 3.19. The summed E-state index contributed by atoms with van der Waals surface area (Å²) in [5.41, 5.74) is -0.572. The number of aromatic nitrogens is 1. The van der Waals surface area contributed by atoms with Crippen LogP contribution in [0.1, 0.15) is 44.1 Å². The number of hydrogen-bond acceptors (Lipinski definition) is 5. The van der Waals surface area contributed by atoms with Crippen LogP contribution in [0.15, 0.2) is 51.9 Å². The van der Waals surface area contributed by atoms with Crippen molar-refractivity contribution >= 4 is 33.3 Å². The molecule has 0 saturated carbocycles. The third kappa shape index (κ3) is 4.97. The van der Waals surface area contributed by atoms with Gasteiger partial charge in [-0.2, -0.15) is 0 Å². The maximum Gasteiger partial charge on any atom is 0.269 e. The summed E-state index contributed by atoms with van der Waals surface area (Å²) < 4.78 is 1.63. The van der Waals surface area contributed by atoms with E-state index in [0.29, 0.717) is 4.47 Å². The first-order valence-electron chi connectivity index (χ1n) is 9.03. The summed E-state index contributed by atoms with van der Waals surface area (Å²) in [5.74, 6) is -1.13. The molecule has 29 heavy (non-hydrogen) atoms. The van der Waals surface area contributed by atoms with E-state index in [2.05, 4.69) is 15.9 Å². The topological polar surface area (TPSA) is 103 Å². The number of nitro benzene ring substituents is 1. The lowest BCUT2D eigenvalue weighted by Gasteiger charge is -2.34. The van der Waals surface area contributed by atoms with Crippen LogP contribution in [0.5, 0.6) is 0 Å². The molecule has 1 amide bonds. The number of carbonyl (C=O) groups excluding carboxylic acids is 2. The number of pyridine rings is 1. The average molecular weight is 464 g/mol. The fraction of sp³-hybridized carbons (Fsp3) is 0.350. The van der Waals surface area contributed by atoms with E-state index in [1.807, 2.05) is 27.7 Å². The van der Waals surface area contributed by atoms with Gasteiger partial charge in [-0.1, -0.05) is 0 Å². The van der Waals surface area contributed by atoms with Crippen LogP contribution in [0.2, 0.25) is 0 Å². The zero-order chi connectivity index (χ0) is 21.9. The molecule has 2 rings (SSSR count). The minimum absolute atomic E-state index is 0.105. The number of ketones is 1. The normalized spacial score (nSPS) is 12.1. The van der Waals surface area contributed by atoms with Crippen molar-refractivity contribution in [3.05, 3.63) is 73.1 Å². The number of non-ortho nitro benzene ring substituents is 1. The van der Waals surface area contributed by atoms with Crippen LogP contribution in [-0.2, 0) is 4.79 Å². The molecule has 0 aliphatic rings. The van der Waals surface area contributed by atoms with Gasteiger partial charge in [-0.3, -0.25) is 29.1 Å². The SMILES string of the molecule is CC(C)N(C(=O)C(C(=O)c1ccc([N+](=O)[O-])cc1)n1cc(Br)ccc1=O)C(C)C. The van der Waals surface area contributed by atoms with Crippen molar-refractivity contribution in [3.63, 3.8) is 0 Å². The third-order valence-corrected chi connectivity index (χ3v) is 4.86. The Balaban J connectivity index is 2.61. The second kappa shape index (κ2) is 9.13. The van der Waals surface area contributed by atoms with Crippen molar-refractivity contribution in [1.29, 1.82) is 0 Å². The molecule has 0 N–H and O–H groups in total. The summed E-state index contributed by atoms with van der Waals surface area (Å²) in [5, 5.41) is 10.9. The highest BCUT2D eigenvalue weighted by atomic mass is 79.9. The maximum absolute atomic E-state index is 13.4. The Morgan fingerprint density at radius 2 is 1.59 bits per heavy atom. The Morgan fingerprint density at radius 3 is 2.07 bits per heavy atom. The molecule has 0 aliphatic heterocycles. The Morgan fingerprint density at radius 1 is 1.03 bits per heavy atom. The van der Waals surface area contributed by atoms with Gasteiger partial charge in [-0.05, 0) is 61.8 Å². The van der Waals surface area contributed by atoms with Gasteiger partial charge in [0.15, 0.2) is 11.8 Å². The van der Waals surface area contributed by atoms with Gasteiger partial charge in [-0.25, -0.2) is 0 Å². The second-order valence-corrected chi connectivity index (χ2v) is 8.01. The molecule has 0 aliphatic carbocycles. The van der Waals surface area contributed by atoms with Crippen LogP contribution in [0.4, 0.5) is 5.69 Å². The first kappa shape index (κ1) is 22.5. The van der Waals surface area contributed by atoms with E-state index in [1.54, 1.807) is 4.90 Å². The van der Waals surface area contributed by atoms with Crippen LogP contribution < -0.4 is 5.56 Å². The van der Waals surface area contributed by atoms with Gasteiger partial charge in [-0.15, -0.1) is 0 Å². The van der Waals surface area contributed by atoms with E-state index < -0.39 is 28.2 Å². The number of carbonyl (C=O) groups is 2. The Labute approximate surface area is 176 Å². The number of hydrogen-bond donors (Lipinski definition) is 0. The first-order valence-corrected chi connectivity index (χ1v) is 9.82. The molecule has 0 bridgehead atoms. The van der Waals surface area contributed by atoms with Gasteiger partial charge in [0.2, 0.25) is 0 Å². The molecule has 1 unspecified atom stereocenters. The van der Waals surface area contributed by atoms with Crippen LogP contribution in [0.25, 0.3) is 0 Å². The lowest BCUT2D eigenvalue weighted by molar-refractivity contribution is -0.384. The third-order valence-electron chi connectivity index (χ3n) is 4.39. The molecule has 1 aromatic carbocycles. The van der Waals surface area contributed by atoms with Crippen molar-refractivity contribution in [2.24, 2.45) is 0 Å². The zero-order valence-corrected chi connectivity index (χ0v) is 18.1. The number of nitrogens with zero attached hydrogens (tertiary/aromatic N) is 3. The number of rotatable bonds is 7. The van der Waals surface area contributed by atoms with E-state index >= 15 is 0 Å². The van der Waals surface area contributed by atoms with Gasteiger partial charge >= 0.3 is 0 Å². The molecule has 0 fully saturated rings. The van der Waals surface area contributed by atoms with E-state index in [4.69, 9.17) is 0 Å². The summed E-state index contributed by atoms with van der Waals surface area (Å²) in [6.45, 7) is 7.31. The Bertz CT molecular complexity index is 974. The predicted octanol–water partition coefficient (Wildman–Crippen LogP) is 3.59. The monoisotopic (exact) mass is 463 g/mol. The van der Waals surface area contributed by atoms with Gasteiger partial charge in [0.05, 0.1) is 4.92 Å². The van der Waals surface area contributed by atoms with E-state index in [1.165, 1.54) is 42.6 Å². The molecule has 154 valence electrons. The lowest BCUT2D eigenvalue weighted by Crippen LogP contribution is -2.49. The summed E-state index contributed by atoms with van der Waals surface area (Å²) in [6, 6.07) is 5.95. The van der Waals surface area contributed by atoms with Gasteiger partial charge < -0.3 is 4.90 Å². The first-order chi connectivity index (χ1) is 13.5. The highest BCUT2D eigenvalue weighted by Gasteiger charge is 2.36. The maximum atomic E-state index is 13.4. The second-order valence-electron chi connectivity index (χ2n) is 7.10. The molecule has 0 radical (unpaired) electrons. The van der Waals surface area contributed by atoms with Gasteiger partial charge in [0.25, 0.3) is 17.2 Å². The minimum Gasteiger partial charge on any atom is -0.336 e. The minimum atomic E-state index is -1.42. The summed E-state index contributed by atoms with van der Waals surface area (Å²) in [7, 11) is 0. The lowest BCUT2D eigenvalue weighted by atomic mass is 10.0. The van der Waals surface area contributed by atoms with E-state index in [-0.39, 0.29) is 23.3 Å². The molecule has 8 nitrogen and oxygen atoms in total. The molecule has 2 aromatic rings. The average Bonchev–Trinajstić information content (AvgIpc) is 2.64. The van der Waals surface area contributed by atoms with Crippen LogP contribution in [0.3, 0.4) is 0 Å². The number of Topliss-reactive ketones (excluding diaryl/α,β-unsaturated/α-hetero) is 1. The van der Waals surface area contributed by atoms with Crippen molar-refractivity contribution in [2.45, 2.75) is 45.8 Å². The molecular formula is C20H22BrN3O5. The van der Waals surface area contributed by atoms with Crippen LogP contribution in [-0.4, -0.2) is 38.2 Å². The number of benzene rings is 1.